The fourth-order valence-electron chi connectivity index (χ4n) is 2.70. The van der Waals surface area contributed by atoms with Gasteiger partial charge in [0.2, 0.25) is 0 Å². The predicted octanol–water partition coefficient (Wildman–Crippen LogP) is 3.06. The maximum Gasteiger partial charge on any atom is 0.300 e. The molecule has 0 saturated carbocycles. The number of aromatic nitrogens is 1. The number of rotatable bonds is 2. The summed E-state index contributed by atoms with van der Waals surface area (Å²) in [5, 5.41) is 13.4. The first-order chi connectivity index (χ1) is 11.4. The molecule has 3 N–H and O–H groups in total. The van der Waals surface area contributed by atoms with Crippen LogP contribution in [0.4, 0.5) is 4.39 Å². The summed E-state index contributed by atoms with van der Waals surface area (Å²) in [4.78, 5) is 20.1. The van der Waals surface area contributed by atoms with E-state index in [1.54, 1.807) is 12.1 Å². The molecule has 130 valence electrons. The summed E-state index contributed by atoms with van der Waals surface area (Å²) in [6.45, 7) is 1.83. The minimum Gasteiger partial charge on any atom is -0.481 e. The highest BCUT2D eigenvalue weighted by Crippen LogP contribution is 2.34. The topological polar surface area (TPSA) is 95.3 Å². The molecule has 2 atom stereocenters. The molecule has 1 aromatic carbocycles. The van der Waals surface area contributed by atoms with Crippen LogP contribution in [-0.2, 0) is 4.79 Å². The highest BCUT2D eigenvalue weighted by molar-refractivity contribution is 6.30. The van der Waals surface area contributed by atoms with E-state index in [4.69, 9.17) is 26.0 Å². The van der Waals surface area contributed by atoms with Crippen LogP contribution in [0.2, 0.25) is 5.02 Å². The maximum atomic E-state index is 14.0. The van der Waals surface area contributed by atoms with Gasteiger partial charge in [0.15, 0.2) is 0 Å². The number of benzene rings is 1. The number of halogens is 2. The Morgan fingerprint density at radius 1 is 1.42 bits per heavy atom. The highest BCUT2D eigenvalue weighted by atomic mass is 35.5. The summed E-state index contributed by atoms with van der Waals surface area (Å²) < 4.78 is 19.1. The summed E-state index contributed by atoms with van der Waals surface area (Å²) in [7, 11) is 0. The molecule has 0 aliphatic carbocycles. The summed E-state index contributed by atoms with van der Waals surface area (Å²) in [6.07, 6.45) is 1.53. The van der Waals surface area contributed by atoms with Gasteiger partial charge in [0.1, 0.15) is 11.6 Å². The summed E-state index contributed by atoms with van der Waals surface area (Å²) in [5.41, 5.74) is 0.352. The lowest BCUT2D eigenvalue weighted by Gasteiger charge is -2.29. The number of piperidine rings is 1. The second kappa shape index (κ2) is 8.12. The smallest absolute Gasteiger partial charge is 0.300 e. The van der Waals surface area contributed by atoms with E-state index < -0.39 is 5.97 Å². The van der Waals surface area contributed by atoms with Crippen LogP contribution in [0.5, 0.6) is 0 Å². The Labute approximate surface area is 142 Å². The van der Waals surface area contributed by atoms with Crippen LogP contribution >= 0.6 is 11.6 Å². The number of hydrogen-bond acceptors (Lipinski definition) is 4. The van der Waals surface area contributed by atoms with Crippen LogP contribution in [0, 0.1) is 5.82 Å². The second-order valence-corrected chi connectivity index (χ2v) is 5.96. The molecule has 6 nitrogen and oxygen atoms in total. The third-order valence-electron chi connectivity index (χ3n) is 3.69. The molecule has 1 aliphatic heterocycles. The molecule has 1 aliphatic rings. The molecule has 2 aromatic rings. The predicted molar refractivity (Wildman–Crippen MR) is 86.8 cm³/mol. The van der Waals surface area contributed by atoms with Gasteiger partial charge < -0.3 is 14.9 Å². The van der Waals surface area contributed by atoms with Crippen LogP contribution in [0.1, 0.15) is 43.0 Å². The molecule has 24 heavy (non-hydrogen) atoms. The molecule has 1 saturated heterocycles. The van der Waals surface area contributed by atoms with Gasteiger partial charge in [-0.2, -0.15) is 5.16 Å². The van der Waals surface area contributed by atoms with E-state index in [2.05, 4.69) is 10.5 Å². The SMILES string of the molecule is CC(=O)O.O=c1cc([C@H]2CCN[C@@H](c3ccc(Cl)cc3F)C2)o[nH]1. The average Bonchev–Trinajstić information content (AvgIpc) is 2.93. The van der Waals surface area contributed by atoms with Crippen molar-refractivity contribution in [1.82, 2.24) is 10.5 Å². The van der Waals surface area contributed by atoms with Crippen molar-refractivity contribution in [3.63, 3.8) is 0 Å². The molecule has 0 unspecified atom stereocenters. The van der Waals surface area contributed by atoms with Crippen molar-refractivity contribution in [2.45, 2.75) is 31.7 Å². The van der Waals surface area contributed by atoms with Crippen LogP contribution < -0.4 is 10.9 Å². The fourth-order valence-corrected chi connectivity index (χ4v) is 2.85. The molecule has 0 radical (unpaired) electrons. The number of carboxylic acids is 1. The summed E-state index contributed by atoms with van der Waals surface area (Å²) >= 11 is 5.77. The zero-order valence-electron chi connectivity index (χ0n) is 13.0. The van der Waals surface area contributed by atoms with Gasteiger partial charge in [0, 0.05) is 35.5 Å². The van der Waals surface area contributed by atoms with Crippen molar-refractivity contribution in [3.05, 3.63) is 56.8 Å². The zero-order valence-corrected chi connectivity index (χ0v) is 13.8. The van der Waals surface area contributed by atoms with Crippen LogP contribution in [0.15, 0.2) is 33.6 Å². The molecule has 0 spiro atoms. The largest absolute Gasteiger partial charge is 0.481 e. The first kappa shape index (κ1) is 18.2. The Morgan fingerprint density at radius 2 is 2.12 bits per heavy atom. The van der Waals surface area contributed by atoms with Gasteiger partial charge in [0.05, 0.1) is 0 Å². The molecular formula is C16H18ClFN2O4. The first-order valence-electron chi connectivity index (χ1n) is 7.43. The second-order valence-electron chi connectivity index (χ2n) is 5.53. The number of aliphatic carboxylic acids is 1. The van der Waals surface area contributed by atoms with E-state index in [1.807, 2.05) is 0 Å². The van der Waals surface area contributed by atoms with Gasteiger partial charge in [-0.05, 0) is 31.5 Å². The van der Waals surface area contributed by atoms with Crippen LogP contribution in [-0.4, -0.2) is 22.8 Å². The van der Waals surface area contributed by atoms with Crippen molar-refractivity contribution in [2.75, 3.05) is 6.54 Å². The van der Waals surface area contributed by atoms with E-state index in [-0.39, 0.29) is 23.3 Å². The van der Waals surface area contributed by atoms with Crippen molar-refractivity contribution in [3.8, 4) is 0 Å². The van der Waals surface area contributed by atoms with E-state index in [0.717, 1.165) is 19.9 Å². The lowest BCUT2D eigenvalue weighted by Crippen LogP contribution is -2.31. The fraction of sp³-hybridized carbons (Fsp3) is 0.375. The summed E-state index contributed by atoms with van der Waals surface area (Å²) in [5.74, 6) is -0.405. The Kier molecular flexibility index (Phi) is 6.16. The van der Waals surface area contributed by atoms with E-state index in [1.165, 1.54) is 12.1 Å². The molecule has 3 rings (SSSR count). The highest BCUT2D eigenvalue weighted by Gasteiger charge is 2.27. The number of carboxylic acid groups (broad SMARTS) is 1. The monoisotopic (exact) mass is 356 g/mol. The van der Waals surface area contributed by atoms with Crippen LogP contribution in [0.3, 0.4) is 0 Å². The minimum atomic E-state index is -0.833. The van der Waals surface area contributed by atoms with Gasteiger partial charge in [-0.15, -0.1) is 0 Å². The molecule has 2 heterocycles. The zero-order chi connectivity index (χ0) is 17.7. The quantitative estimate of drug-likeness (QED) is 0.768. The van der Waals surface area contributed by atoms with Gasteiger partial charge in [-0.25, -0.2) is 4.39 Å². The van der Waals surface area contributed by atoms with Crippen molar-refractivity contribution in [2.24, 2.45) is 0 Å². The summed E-state index contributed by atoms with van der Waals surface area (Å²) in [6, 6.07) is 6.06. The number of hydrogen-bond donors (Lipinski definition) is 3. The average molecular weight is 357 g/mol. The molecule has 1 aromatic heterocycles. The Balaban J connectivity index is 0.000000471. The number of carbonyl (C=O) groups is 1. The number of H-pyrrole nitrogens is 1. The lowest BCUT2D eigenvalue weighted by molar-refractivity contribution is -0.134. The third-order valence-corrected chi connectivity index (χ3v) is 3.92. The normalized spacial score (nSPS) is 20.1. The molecule has 8 heteroatoms. The van der Waals surface area contributed by atoms with E-state index in [9.17, 15) is 9.18 Å². The number of nitrogens with one attached hydrogen (secondary N) is 2. The third kappa shape index (κ3) is 4.94. The Bertz CT molecular complexity index is 755. The maximum absolute atomic E-state index is 14.0. The molecule has 0 bridgehead atoms. The lowest BCUT2D eigenvalue weighted by atomic mass is 9.87. The van der Waals surface area contributed by atoms with Crippen molar-refractivity contribution >= 4 is 17.6 Å². The minimum absolute atomic E-state index is 0.105. The Morgan fingerprint density at radius 3 is 2.71 bits per heavy atom. The van der Waals surface area contributed by atoms with E-state index in [0.29, 0.717) is 22.8 Å². The Hall–Kier alpha value is -2.12. The van der Waals surface area contributed by atoms with E-state index >= 15 is 0 Å². The molecule has 0 amide bonds. The van der Waals surface area contributed by atoms with Gasteiger partial charge in [-0.3, -0.25) is 9.59 Å². The van der Waals surface area contributed by atoms with Gasteiger partial charge in [0.25, 0.3) is 11.5 Å². The standard InChI is InChI=1S/C14H14ClFN2O2.C2H4O2/c15-9-1-2-10(11(16)6-9)12-5-8(3-4-17-12)13-7-14(19)18-20-13;1-2(3)4/h1-2,6-8,12,17H,3-5H2,(H,18,19);1H3,(H,3,4)/t8-,12+;/m0./s1. The van der Waals surface area contributed by atoms with Crippen molar-refractivity contribution in [1.29, 1.82) is 0 Å². The van der Waals surface area contributed by atoms with Crippen LogP contribution in [0.25, 0.3) is 0 Å². The van der Waals surface area contributed by atoms with Gasteiger partial charge in [-0.1, -0.05) is 17.7 Å². The molecule has 1 fully saturated rings. The number of aromatic amines is 1. The first-order valence-corrected chi connectivity index (χ1v) is 7.81. The van der Waals surface area contributed by atoms with Crippen molar-refractivity contribution < 1.29 is 18.8 Å². The molecular weight excluding hydrogens is 339 g/mol. The van der Waals surface area contributed by atoms with Gasteiger partial charge >= 0.3 is 0 Å².